The van der Waals surface area contributed by atoms with Crippen molar-refractivity contribution < 1.29 is 0 Å². The summed E-state index contributed by atoms with van der Waals surface area (Å²) in [5.74, 6) is 0. The predicted molar refractivity (Wildman–Crippen MR) is 224 cm³/mol. The van der Waals surface area contributed by atoms with E-state index in [2.05, 4.69) is 178 Å². The largest absolute Gasteiger partial charge is 0.376 e. The summed E-state index contributed by atoms with van der Waals surface area (Å²) < 4.78 is 0. The second kappa shape index (κ2) is 10.2. The van der Waals surface area contributed by atoms with Crippen LogP contribution >= 0.6 is 0 Å². The van der Waals surface area contributed by atoms with Crippen LogP contribution in [0.3, 0.4) is 0 Å². The van der Waals surface area contributed by atoms with Gasteiger partial charge in [-0.3, -0.25) is 0 Å². The van der Waals surface area contributed by atoms with Crippen LogP contribution in [-0.4, -0.2) is 20.5 Å². The van der Waals surface area contributed by atoms with Gasteiger partial charge in [-0.1, -0.05) is 162 Å². The number of benzene rings is 6. The van der Waals surface area contributed by atoms with Crippen LogP contribution in [0.25, 0.3) is 11.1 Å². The summed E-state index contributed by atoms with van der Waals surface area (Å²) in [6, 6.07) is 52.3. The minimum Gasteiger partial charge on any atom is -0.376 e. The molecule has 2 nitrogen and oxygen atoms in total. The summed E-state index contributed by atoms with van der Waals surface area (Å²) >= 11 is 0. The van der Waals surface area contributed by atoms with Crippen LogP contribution in [0.15, 0.2) is 133 Å². The van der Waals surface area contributed by atoms with Gasteiger partial charge in [0.05, 0.1) is 5.54 Å². The van der Waals surface area contributed by atoms with Crippen LogP contribution in [0.1, 0.15) is 71.4 Å². The third-order valence-corrected chi connectivity index (χ3v) is 19.0. The topological polar surface area (TPSA) is 6.48 Å². The third kappa shape index (κ3) is 3.53. The lowest BCUT2D eigenvalue weighted by Crippen LogP contribution is -2.79. The van der Waals surface area contributed by atoms with E-state index in [1.807, 2.05) is 0 Å². The molecule has 254 valence electrons. The molecule has 4 heterocycles. The predicted octanol–water partition coefficient (Wildman–Crippen LogP) is 7.65. The molecule has 0 spiro atoms. The molecule has 6 aromatic carbocycles. The van der Waals surface area contributed by atoms with E-state index < -0.39 is 8.07 Å². The van der Waals surface area contributed by atoms with Crippen LogP contribution in [0.2, 0.25) is 0 Å². The molecule has 0 N–H and O–H groups in total. The van der Waals surface area contributed by atoms with Gasteiger partial charge in [0.1, 0.15) is 0 Å². The first-order valence-corrected chi connectivity index (χ1v) is 21.5. The summed E-state index contributed by atoms with van der Waals surface area (Å²) in [5, 5.41) is 5.86. The molecule has 5 aliphatic rings. The van der Waals surface area contributed by atoms with Crippen molar-refractivity contribution in [2.24, 2.45) is 0 Å². The second-order valence-corrected chi connectivity index (χ2v) is 21.3. The molecule has 4 aliphatic heterocycles. The summed E-state index contributed by atoms with van der Waals surface area (Å²) in [6.45, 7) is 12.4. The van der Waals surface area contributed by atoms with Gasteiger partial charge in [0, 0.05) is 33.7 Å². The molecule has 4 heteroatoms. The normalized spacial score (nSPS) is 22.6. The van der Waals surface area contributed by atoms with Crippen LogP contribution < -0.4 is 41.4 Å². The quantitative estimate of drug-likeness (QED) is 0.173. The van der Waals surface area contributed by atoms with E-state index >= 15 is 0 Å². The van der Waals surface area contributed by atoms with E-state index in [0.29, 0.717) is 0 Å². The van der Waals surface area contributed by atoms with E-state index in [1.54, 1.807) is 5.56 Å². The van der Waals surface area contributed by atoms with Gasteiger partial charge in [-0.15, -0.1) is 0 Å². The Bertz CT molecular complexity index is 2430. The molecule has 0 bridgehead atoms. The Morgan fingerprint density at radius 3 is 2.00 bits per heavy atom. The van der Waals surface area contributed by atoms with E-state index in [-0.39, 0.29) is 23.2 Å². The Balaban J connectivity index is 1.32. The van der Waals surface area contributed by atoms with Crippen LogP contribution in [-0.2, 0) is 10.8 Å². The monoisotopic (exact) mass is 688 g/mol. The van der Waals surface area contributed by atoms with Crippen molar-refractivity contribution in [1.82, 2.24) is 0 Å². The smallest absolute Gasteiger partial charge is 0.333 e. The Kier molecular flexibility index (Phi) is 6.04. The molecular formula is C48H45BN2Si. The average molecular weight is 689 g/mol. The molecule has 52 heavy (non-hydrogen) atoms. The van der Waals surface area contributed by atoms with Crippen molar-refractivity contribution in [2.75, 3.05) is 9.71 Å². The van der Waals surface area contributed by atoms with Gasteiger partial charge >= 0.3 is 6.85 Å². The van der Waals surface area contributed by atoms with Gasteiger partial charge < -0.3 is 9.71 Å². The molecule has 1 aliphatic carbocycles. The molecule has 2 atom stereocenters. The van der Waals surface area contributed by atoms with E-state index in [4.69, 9.17) is 0 Å². The first kappa shape index (κ1) is 30.8. The second-order valence-electron chi connectivity index (χ2n) is 17.6. The van der Waals surface area contributed by atoms with Gasteiger partial charge in [-0.25, -0.2) is 0 Å². The highest BCUT2D eigenvalue weighted by molar-refractivity contribution is 7.22. The number of fused-ring (bicyclic) bond motifs is 9. The number of hydrogen-bond donors (Lipinski definition) is 0. The van der Waals surface area contributed by atoms with Crippen LogP contribution in [0.5, 0.6) is 0 Å². The molecule has 1 fully saturated rings. The molecular weight excluding hydrogens is 643 g/mol. The fourth-order valence-electron chi connectivity index (χ4n) is 11.6. The molecule has 0 radical (unpaired) electrons. The van der Waals surface area contributed by atoms with Crippen molar-refractivity contribution in [3.05, 3.63) is 145 Å². The lowest BCUT2D eigenvalue weighted by molar-refractivity contribution is 0.195. The zero-order chi connectivity index (χ0) is 35.2. The maximum atomic E-state index is 2.87. The average Bonchev–Trinajstić information content (AvgIpc) is 3.38. The maximum absolute atomic E-state index is 2.87. The summed E-state index contributed by atoms with van der Waals surface area (Å²) in [6.07, 6.45) is 5.04. The SMILES string of the molecule is CC(C)(C)c1cc2c3c(c1)N1c4c(cccc4C4(C)CCCCC14C)B3N1c3ccccc3[Si](c3ccccc3)(c3ccccc3)c3cccc-2c31. The third-order valence-electron chi connectivity index (χ3n) is 14.2. The number of hydrogen-bond acceptors (Lipinski definition) is 2. The van der Waals surface area contributed by atoms with Gasteiger partial charge in [0.15, 0.2) is 8.07 Å². The first-order valence-electron chi connectivity index (χ1n) is 19.5. The maximum Gasteiger partial charge on any atom is 0.333 e. The van der Waals surface area contributed by atoms with E-state index in [9.17, 15) is 0 Å². The fraction of sp³-hybridized carbons (Fsp3) is 0.250. The summed E-state index contributed by atoms with van der Waals surface area (Å²) in [5.41, 5.74) is 14.6. The number of nitrogens with zero attached hydrogens (tertiary/aromatic N) is 2. The standard InChI is InChI=1S/C48H45BN2Si/c1-46(2,3)32-30-36-35-22-16-27-42-44(35)51(39-25-12-13-26-41(39)52(42,33-18-8-6-9-19-33)34-20-10-7-11-21-34)49-38-24-17-23-37-45(38)50(40(31-32)43(36)49)48(5)29-15-14-28-47(37,48)4/h6-13,16-27,30-31H,14-15,28-29H2,1-5H3. The Hall–Kier alpha value is -4.80. The Morgan fingerprint density at radius 1 is 0.615 bits per heavy atom. The zero-order valence-corrected chi connectivity index (χ0v) is 32.0. The number of para-hydroxylation sites is 3. The molecule has 11 rings (SSSR count). The minimum absolute atomic E-state index is 0.00246. The van der Waals surface area contributed by atoms with Gasteiger partial charge in [0.25, 0.3) is 0 Å². The number of rotatable bonds is 2. The molecule has 1 saturated carbocycles. The van der Waals surface area contributed by atoms with Gasteiger partial charge in [-0.2, -0.15) is 0 Å². The Labute approximate surface area is 310 Å². The summed E-state index contributed by atoms with van der Waals surface area (Å²) in [4.78, 5) is 5.68. The fourth-order valence-corrected chi connectivity index (χ4v) is 16.7. The highest BCUT2D eigenvalue weighted by atomic mass is 28.3. The molecule has 0 saturated heterocycles. The van der Waals surface area contributed by atoms with Crippen molar-refractivity contribution >= 4 is 69.3 Å². The van der Waals surface area contributed by atoms with Gasteiger partial charge in [0.2, 0.25) is 0 Å². The van der Waals surface area contributed by atoms with Crippen LogP contribution in [0.4, 0.5) is 22.7 Å². The molecule has 0 aromatic heterocycles. The highest BCUT2D eigenvalue weighted by Crippen LogP contribution is 2.62. The van der Waals surface area contributed by atoms with Crippen molar-refractivity contribution in [2.45, 2.75) is 76.7 Å². The van der Waals surface area contributed by atoms with Gasteiger partial charge in [-0.05, 0) is 85.7 Å². The Morgan fingerprint density at radius 2 is 1.27 bits per heavy atom. The van der Waals surface area contributed by atoms with E-state index in [1.165, 1.54) is 96.8 Å². The van der Waals surface area contributed by atoms with E-state index in [0.717, 1.165) is 0 Å². The molecule has 2 unspecified atom stereocenters. The lowest BCUT2D eigenvalue weighted by atomic mass is 9.43. The van der Waals surface area contributed by atoms with Crippen LogP contribution in [0, 0.1) is 0 Å². The zero-order valence-electron chi connectivity index (χ0n) is 31.0. The lowest BCUT2D eigenvalue weighted by Gasteiger charge is -2.55. The molecule has 0 amide bonds. The molecule has 6 aromatic rings. The number of anilines is 4. The van der Waals surface area contributed by atoms with Crippen molar-refractivity contribution in [3.63, 3.8) is 0 Å². The van der Waals surface area contributed by atoms with Crippen molar-refractivity contribution in [1.29, 1.82) is 0 Å². The first-order chi connectivity index (χ1) is 25.2. The minimum atomic E-state index is -2.75. The van der Waals surface area contributed by atoms with Crippen molar-refractivity contribution in [3.8, 4) is 11.1 Å². The highest BCUT2D eigenvalue weighted by Gasteiger charge is 2.63. The summed E-state index contributed by atoms with van der Waals surface area (Å²) in [7, 11) is -2.75.